The molecule has 0 aromatic heterocycles. The minimum Gasteiger partial charge on any atom is -0.598 e. The highest BCUT2D eigenvalue weighted by Crippen LogP contribution is 2.40. The van der Waals surface area contributed by atoms with Gasteiger partial charge in [-0.25, -0.2) is 4.79 Å². The summed E-state index contributed by atoms with van der Waals surface area (Å²) in [5.74, 6) is 0.227. The summed E-state index contributed by atoms with van der Waals surface area (Å²) in [6.45, 7) is 8.30. The summed E-state index contributed by atoms with van der Waals surface area (Å²) in [5, 5.41) is 3.73. The highest BCUT2D eigenvalue weighted by Gasteiger charge is 2.40. The summed E-state index contributed by atoms with van der Waals surface area (Å²) in [5.41, 5.74) is 1.72. The Morgan fingerprint density at radius 1 is 1.18 bits per heavy atom. The van der Waals surface area contributed by atoms with Crippen molar-refractivity contribution in [2.45, 2.75) is 76.3 Å². The van der Waals surface area contributed by atoms with Gasteiger partial charge in [0.15, 0.2) is 0 Å². The van der Waals surface area contributed by atoms with Crippen molar-refractivity contribution in [3.05, 3.63) is 70.7 Å². The van der Waals surface area contributed by atoms with Crippen molar-refractivity contribution in [3.8, 4) is 0 Å². The number of nitrogens with one attached hydrogen (secondary N) is 2. The number of carbonyl (C=O) groups is 1. The molecule has 33 heavy (non-hydrogen) atoms. The van der Waals surface area contributed by atoms with Gasteiger partial charge in [0.05, 0.1) is 11.6 Å². The molecular formula is C26H35ClN2O3S. The summed E-state index contributed by atoms with van der Waals surface area (Å²) in [7, 11) is 0. The van der Waals surface area contributed by atoms with Gasteiger partial charge in [-0.3, -0.25) is 0 Å². The zero-order chi connectivity index (χ0) is 24.1. The van der Waals surface area contributed by atoms with E-state index in [0.717, 1.165) is 36.8 Å². The molecule has 2 aromatic carbocycles. The van der Waals surface area contributed by atoms with Gasteiger partial charge in [-0.05, 0) is 82.6 Å². The number of hydrogen-bond acceptors (Lipinski definition) is 4. The van der Waals surface area contributed by atoms with E-state index in [9.17, 15) is 9.35 Å². The molecule has 5 nitrogen and oxygen atoms in total. The molecule has 1 fully saturated rings. The van der Waals surface area contributed by atoms with E-state index in [-0.39, 0.29) is 28.9 Å². The number of benzene rings is 2. The van der Waals surface area contributed by atoms with Crippen LogP contribution in [0.4, 0.5) is 4.79 Å². The maximum Gasteiger partial charge on any atom is 0.407 e. The van der Waals surface area contributed by atoms with Crippen LogP contribution in [0.25, 0.3) is 0 Å². The molecule has 1 amide bonds. The van der Waals surface area contributed by atoms with Gasteiger partial charge in [-0.1, -0.05) is 54.1 Å². The van der Waals surface area contributed by atoms with E-state index >= 15 is 0 Å². The Hall–Kier alpha value is -1.73. The van der Waals surface area contributed by atoms with E-state index in [1.54, 1.807) is 0 Å². The molecule has 2 atom stereocenters. The summed E-state index contributed by atoms with van der Waals surface area (Å²) < 4.78 is 21.2. The van der Waals surface area contributed by atoms with Crippen LogP contribution >= 0.6 is 11.6 Å². The Kier molecular flexibility index (Phi) is 8.73. The second-order valence-electron chi connectivity index (χ2n) is 10.1. The molecular weight excluding hydrogens is 456 g/mol. The monoisotopic (exact) mass is 490 g/mol. The standard InChI is InChI=1S/C26H35ClN2O3S/c1-25(2,3)33(31)29-26(4)15-13-20(14-16-26)23(21-11-8-12-22(27)17-21)28-24(30)32-18-19-9-6-5-7-10-19/h5-12,17,20,23,29H,13-16,18H2,1-4H3,(H,28,30). The van der Waals surface area contributed by atoms with Gasteiger partial charge in [0, 0.05) is 16.4 Å². The lowest BCUT2D eigenvalue weighted by Gasteiger charge is -2.41. The van der Waals surface area contributed by atoms with Crippen LogP contribution in [0.2, 0.25) is 5.02 Å². The van der Waals surface area contributed by atoms with Crippen molar-refractivity contribution in [1.82, 2.24) is 10.0 Å². The number of halogens is 1. The Morgan fingerprint density at radius 2 is 1.85 bits per heavy atom. The first-order valence-electron chi connectivity index (χ1n) is 11.5. The van der Waals surface area contributed by atoms with Gasteiger partial charge in [0.2, 0.25) is 0 Å². The average Bonchev–Trinajstić information content (AvgIpc) is 2.77. The minimum absolute atomic E-state index is 0.193. The lowest BCUT2D eigenvalue weighted by Crippen LogP contribution is -2.53. The smallest absolute Gasteiger partial charge is 0.407 e. The molecule has 2 unspecified atom stereocenters. The minimum atomic E-state index is -1.12. The number of hydrogen-bond donors (Lipinski definition) is 2. The molecule has 3 rings (SSSR count). The molecule has 0 saturated heterocycles. The molecule has 2 aromatic rings. The number of amides is 1. The van der Waals surface area contributed by atoms with Gasteiger partial charge in [-0.15, -0.1) is 4.72 Å². The first-order chi connectivity index (χ1) is 15.6. The molecule has 0 aliphatic heterocycles. The van der Waals surface area contributed by atoms with E-state index in [1.165, 1.54) is 0 Å². The Bertz CT molecular complexity index is 911. The van der Waals surface area contributed by atoms with Crippen LogP contribution in [0, 0.1) is 5.92 Å². The summed E-state index contributed by atoms with van der Waals surface area (Å²) in [6, 6.07) is 17.1. The first-order valence-corrected chi connectivity index (χ1v) is 13.0. The van der Waals surface area contributed by atoms with E-state index in [2.05, 4.69) is 17.0 Å². The topological polar surface area (TPSA) is 73.4 Å². The van der Waals surface area contributed by atoms with E-state index < -0.39 is 17.5 Å². The van der Waals surface area contributed by atoms with Crippen LogP contribution in [-0.2, 0) is 22.7 Å². The van der Waals surface area contributed by atoms with Gasteiger partial charge >= 0.3 is 6.09 Å². The van der Waals surface area contributed by atoms with Crippen molar-refractivity contribution in [3.63, 3.8) is 0 Å². The molecule has 0 heterocycles. The van der Waals surface area contributed by atoms with Crippen molar-refractivity contribution < 1.29 is 14.1 Å². The van der Waals surface area contributed by atoms with Crippen molar-refractivity contribution in [2.75, 3.05) is 0 Å². The SMILES string of the molecule is CC1(N[S+]([O-])C(C)(C)C)CCC(C(NC(=O)OCc2ccccc2)c2cccc(Cl)c2)CC1. The van der Waals surface area contributed by atoms with E-state index in [0.29, 0.717) is 5.02 Å². The van der Waals surface area contributed by atoms with Crippen LogP contribution in [0.3, 0.4) is 0 Å². The summed E-state index contributed by atoms with van der Waals surface area (Å²) >= 11 is 5.14. The molecule has 0 spiro atoms. The number of rotatable bonds is 7. The van der Waals surface area contributed by atoms with Crippen LogP contribution in [0.5, 0.6) is 0 Å². The fraction of sp³-hybridized carbons (Fsp3) is 0.500. The third kappa shape index (κ3) is 7.64. The van der Waals surface area contributed by atoms with Crippen LogP contribution in [-0.4, -0.2) is 20.9 Å². The van der Waals surface area contributed by atoms with Crippen molar-refractivity contribution in [2.24, 2.45) is 5.92 Å². The Balaban J connectivity index is 1.67. The molecule has 7 heteroatoms. The molecule has 1 aliphatic rings. The van der Waals surface area contributed by atoms with Crippen molar-refractivity contribution in [1.29, 1.82) is 0 Å². The van der Waals surface area contributed by atoms with Crippen LogP contribution < -0.4 is 10.0 Å². The molecule has 2 N–H and O–H groups in total. The average molecular weight is 491 g/mol. The van der Waals surface area contributed by atoms with Crippen LogP contribution in [0.1, 0.15) is 70.5 Å². The summed E-state index contributed by atoms with van der Waals surface area (Å²) in [6.07, 6.45) is 3.08. The fourth-order valence-corrected chi connectivity index (χ4v) is 5.31. The second-order valence-corrected chi connectivity index (χ2v) is 12.5. The normalized spacial score (nSPS) is 22.9. The van der Waals surface area contributed by atoms with Crippen molar-refractivity contribution >= 4 is 29.1 Å². The highest BCUT2D eigenvalue weighted by molar-refractivity contribution is 7.90. The predicted octanol–water partition coefficient (Wildman–Crippen LogP) is 6.31. The first kappa shape index (κ1) is 25.9. The predicted molar refractivity (Wildman–Crippen MR) is 135 cm³/mol. The molecule has 0 bridgehead atoms. The lowest BCUT2D eigenvalue weighted by molar-refractivity contribution is 0.124. The zero-order valence-electron chi connectivity index (χ0n) is 19.9. The van der Waals surface area contributed by atoms with Gasteiger partial charge in [0.1, 0.15) is 11.4 Å². The molecule has 1 saturated carbocycles. The summed E-state index contributed by atoms with van der Waals surface area (Å²) in [4.78, 5) is 12.7. The molecule has 1 aliphatic carbocycles. The number of carbonyl (C=O) groups excluding carboxylic acids is 1. The van der Waals surface area contributed by atoms with Gasteiger partial charge in [0.25, 0.3) is 0 Å². The maximum absolute atomic E-state index is 12.7. The third-order valence-electron chi connectivity index (χ3n) is 6.19. The number of alkyl carbamates (subject to hydrolysis) is 1. The number of ether oxygens (including phenoxy) is 1. The maximum atomic E-state index is 12.7. The highest BCUT2D eigenvalue weighted by atomic mass is 35.5. The Labute approximate surface area is 205 Å². The molecule has 180 valence electrons. The van der Waals surface area contributed by atoms with Gasteiger partial charge in [-0.2, -0.15) is 0 Å². The zero-order valence-corrected chi connectivity index (χ0v) is 21.5. The van der Waals surface area contributed by atoms with Crippen LogP contribution in [0.15, 0.2) is 54.6 Å². The quantitative estimate of drug-likeness (QED) is 0.446. The largest absolute Gasteiger partial charge is 0.598 e. The fourth-order valence-electron chi connectivity index (χ4n) is 4.15. The van der Waals surface area contributed by atoms with E-state index in [1.807, 2.05) is 75.4 Å². The Morgan fingerprint density at radius 3 is 2.45 bits per heavy atom. The lowest BCUT2D eigenvalue weighted by atomic mass is 9.74. The van der Waals surface area contributed by atoms with Gasteiger partial charge < -0.3 is 14.6 Å². The third-order valence-corrected chi connectivity index (χ3v) is 8.22. The molecule has 0 radical (unpaired) electrons. The second kappa shape index (κ2) is 11.1. The van der Waals surface area contributed by atoms with E-state index in [4.69, 9.17) is 16.3 Å².